The van der Waals surface area contributed by atoms with E-state index >= 15 is 0 Å². The molecule has 3 heteroatoms. The molecule has 82 valence electrons. The van der Waals surface area contributed by atoms with Crippen LogP contribution in [0.1, 0.15) is 12.5 Å². The fourth-order valence-corrected chi connectivity index (χ4v) is 2.65. The minimum absolute atomic E-state index is 0.886. The first-order valence-corrected chi connectivity index (χ1v) is 7.14. The van der Waals surface area contributed by atoms with Gasteiger partial charge in [0.15, 0.2) is 0 Å². The first-order valence-electron chi connectivity index (χ1n) is 4.69. The smallest absolute Gasteiger partial charge is 0.107 e. The quantitative estimate of drug-likeness (QED) is 0.870. The van der Waals surface area contributed by atoms with Crippen molar-refractivity contribution in [1.82, 2.24) is 0 Å². The molecule has 1 atom stereocenters. The molecule has 0 aliphatic heterocycles. The van der Waals surface area contributed by atoms with Crippen LogP contribution < -0.4 is 0 Å². The molecular weight excluding hydrogens is 224 g/mol. The van der Waals surface area contributed by atoms with Gasteiger partial charge >= 0.3 is 0 Å². The van der Waals surface area contributed by atoms with Gasteiger partial charge < -0.3 is 5.11 Å². The van der Waals surface area contributed by atoms with Crippen molar-refractivity contribution in [2.75, 3.05) is 12.5 Å². The first-order chi connectivity index (χ1) is 7.10. The summed E-state index contributed by atoms with van der Waals surface area (Å²) in [6, 6.07) is 9.71. The Balaban J connectivity index is 2.97. The minimum atomic E-state index is -0.886. The molecule has 1 unspecified atom stereocenters. The summed E-state index contributed by atoms with van der Waals surface area (Å²) < 4.78 is 1.13. The topological polar surface area (TPSA) is 20.2 Å². The zero-order valence-electron chi connectivity index (χ0n) is 9.23. The summed E-state index contributed by atoms with van der Waals surface area (Å²) in [5, 5.41) is 10.3. The SMILES string of the molecule is CSC(=CC(C)(O)c1ccccc1)SC. The molecule has 0 aliphatic rings. The number of hydrogen-bond donors (Lipinski definition) is 1. The van der Waals surface area contributed by atoms with Crippen molar-refractivity contribution in [2.24, 2.45) is 0 Å². The van der Waals surface area contributed by atoms with E-state index in [1.165, 1.54) is 0 Å². The van der Waals surface area contributed by atoms with E-state index in [0.29, 0.717) is 0 Å². The van der Waals surface area contributed by atoms with Crippen molar-refractivity contribution >= 4 is 23.5 Å². The zero-order chi connectivity index (χ0) is 11.3. The summed E-state index contributed by atoms with van der Waals surface area (Å²) in [4.78, 5) is 0. The van der Waals surface area contributed by atoms with E-state index in [1.54, 1.807) is 23.5 Å². The van der Waals surface area contributed by atoms with Crippen LogP contribution in [0.4, 0.5) is 0 Å². The lowest BCUT2D eigenvalue weighted by atomic mass is 9.97. The van der Waals surface area contributed by atoms with Crippen molar-refractivity contribution in [3.05, 3.63) is 46.2 Å². The highest BCUT2D eigenvalue weighted by atomic mass is 32.2. The average molecular weight is 240 g/mol. The van der Waals surface area contributed by atoms with Crippen molar-refractivity contribution < 1.29 is 5.11 Å². The summed E-state index contributed by atoms with van der Waals surface area (Å²) >= 11 is 3.31. The molecule has 0 aromatic heterocycles. The molecule has 1 N–H and O–H groups in total. The number of aliphatic hydroxyl groups is 1. The Morgan fingerprint density at radius 1 is 1.20 bits per heavy atom. The minimum Gasteiger partial charge on any atom is -0.381 e. The second-order valence-corrected chi connectivity index (χ2v) is 5.34. The van der Waals surface area contributed by atoms with Crippen molar-refractivity contribution in [2.45, 2.75) is 12.5 Å². The van der Waals surface area contributed by atoms with Gasteiger partial charge in [0, 0.05) is 4.24 Å². The van der Waals surface area contributed by atoms with Crippen molar-refractivity contribution in [1.29, 1.82) is 0 Å². The van der Waals surface area contributed by atoms with Crippen LogP contribution in [0, 0.1) is 0 Å². The molecule has 1 rings (SSSR count). The van der Waals surface area contributed by atoms with E-state index < -0.39 is 5.60 Å². The lowest BCUT2D eigenvalue weighted by Crippen LogP contribution is -2.17. The summed E-state index contributed by atoms with van der Waals surface area (Å²) in [5.41, 5.74) is 0.0356. The van der Waals surface area contributed by atoms with Crippen LogP contribution >= 0.6 is 23.5 Å². The molecule has 0 radical (unpaired) electrons. The molecule has 0 spiro atoms. The maximum absolute atomic E-state index is 10.3. The van der Waals surface area contributed by atoms with Gasteiger partial charge in [-0.2, -0.15) is 0 Å². The Labute approximate surface area is 100.0 Å². The predicted octanol–water partition coefficient (Wildman–Crippen LogP) is 3.46. The van der Waals surface area contributed by atoms with E-state index in [-0.39, 0.29) is 0 Å². The molecular formula is C12H16OS2. The van der Waals surface area contributed by atoms with E-state index in [9.17, 15) is 5.11 Å². The Bertz CT molecular complexity index is 325. The molecule has 0 saturated heterocycles. The van der Waals surface area contributed by atoms with Crippen LogP contribution in [-0.2, 0) is 5.60 Å². The summed E-state index contributed by atoms with van der Waals surface area (Å²) in [5.74, 6) is 0. The van der Waals surface area contributed by atoms with Gasteiger partial charge in [-0.15, -0.1) is 23.5 Å². The third-order valence-corrected chi connectivity index (χ3v) is 4.20. The summed E-state index contributed by atoms with van der Waals surface area (Å²) in [7, 11) is 0. The highest BCUT2D eigenvalue weighted by Gasteiger charge is 2.20. The molecule has 0 bridgehead atoms. The predicted molar refractivity (Wildman–Crippen MR) is 71.1 cm³/mol. The third kappa shape index (κ3) is 3.59. The van der Waals surface area contributed by atoms with Gasteiger partial charge in [0.1, 0.15) is 5.60 Å². The second kappa shape index (κ2) is 5.64. The summed E-state index contributed by atoms with van der Waals surface area (Å²) in [6.45, 7) is 1.81. The molecule has 0 heterocycles. The van der Waals surface area contributed by atoms with Crippen LogP contribution in [0.25, 0.3) is 0 Å². The van der Waals surface area contributed by atoms with Crippen molar-refractivity contribution in [3.63, 3.8) is 0 Å². The third-order valence-electron chi connectivity index (χ3n) is 2.16. The lowest BCUT2D eigenvalue weighted by molar-refractivity contribution is 0.111. The normalized spacial score (nSPS) is 14.4. The van der Waals surface area contributed by atoms with Gasteiger partial charge in [-0.25, -0.2) is 0 Å². The Kier molecular flexibility index (Phi) is 4.77. The molecule has 0 amide bonds. The number of rotatable bonds is 4. The van der Waals surface area contributed by atoms with Gasteiger partial charge in [-0.1, -0.05) is 30.3 Å². The molecule has 1 nitrogen and oxygen atoms in total. The van der Waals surface area contributed by atoms with Crippen molar-refractivity contribution in [3.8, 4) is 0 Å². The first kappa shape index (κ1) is 12.7. The monoisotopic (exact) mass is 240 g/mol. The fraction of sp³-hybridized carbons (Fsp3) is 0.333. The zero-order valence-corrected chi connectivity index (χ0v) is 10.9. The van der Waals surface area contributed by atoms with Crippen LogP contribution in [0.5, 0.6) is 0 Å². The molecule has 0 saturated carbocycles. The number of benzene rings is 1. The van der Waals surface area contributed by atoms with E-state index in [2.05, 4.69) is 0 Å². The fourth-order valence-electron chi connectivity index (χ4n) is 1.29. The maximum atomic E-state index is 10.3. The highest BCUT2D eigenvalue weighted by Crippen LogP contribution is 2.31. The van der Waals surface area contributed by atoms with Crippen LogP contribution in [-0.4, -0.2) is 17.6 Å². The summed E-state index contributed by atoms with van der Waals surface area (Å²) in [6.07, 6.45) is 5.94. The Hall–Kier alpha value is -0.380. The highest BCUT2D eigenvalue weighted by molar-refractivity contribution is 8.21. The molecule has 15 heavy (non-hydrogen) atoms. The van der Waals surface area contributed by atoms with Gasteiger partial charge in [-0.3, -0.25) is 0 Å². The van der Waals surface area contributed by atoms with Gasteiger partial charge in [0.2, 0.25) is 0 Å². The standard InChI is InChI=1S/C12H16OS2/c1-12(13,9-11(14-2)15-3)10-7-5-4-6-8-10/h4-9,13H,1-3H3. The Morgan fingerprint density at radius 2 is 1.73 bits per heavy atom. The van der Waals surface area contributed by atoms with Crippen LogP contribution in [0.2, 0.25) is 0 Å². The second-order valence-electron chi connectivity index (χ2n) is 3.39. The Morgan fingerprint density at radius 3 is 2.20 bits per heavy atom. The lowest BCUT2D eigenvalue weighted by Gasteiger charge is -2.20. The number of thioether (sulfide) groups is 2. The molecule has 1 aromatic carbocycles. The van der Waals surface area contributed by atoms with E-state index in [0.717, 1.165) is 9.80 Å². The van der Waals surface area contributed by atoms with Crippen LogP contribution in [0.15, 0.2) is 40.6 Å². The van der Waals surface area contributed by atoms with Crippen LogP contribution in [0.3, 0.4) is 0 Å². The molecule has 1 aromatic rings. The maximum Gasteiger partial charge on any atom is 0.107 e. The van der Waals surface area contributed by atoms with Gasteiger partial charge in [0.25, 0.3) is 0 Å². The van der Waals surface area contributed by atoms with Gasteiger partial charge in [-0.05, 0) is 31.1 Å². The average Bonchev–Trinajstić information content (AvgIpc) is 2.27. The largest absolute Gasteiger partial charge is 0.381 e. The molecule has 0 aliphatic carbocycles. The van der Waals surface area contributed by atoms with E-state index in [1.807, 2.05) is 55.8 Å². The number of hydrogen-bond acceptors (Lipinski definition) is 3. The van der Waals surface area contributed by atoms with Gasteiger partial charge in [0.05, 0.1) is 0 Å². The van der Waals surface area contributed by atoms with E-state index in [4.69, 9.17) is 0 Å². The molecule has 0 fully saturated rings.